The summed E-state index contributed by atoms with van der Waals surface area (Å²) in [4.78, 5) is 15.0. The molecule has 0 spiro atoms. The lowest BCUT2D eigenvalue weighted by Crippen LogP contribution is -2.02. The summed E-state index contributed by atoms with van der Waals surface area (Å²) in [6, 6.07) is 1.72. The maximum Gasteiger partial charge on any atom is 0.338 e. The van der Waals surface area contributed by atoms with Gasteiger partial charge in [-0.25, -0.2) is 9.78 Å². The molecule has 1 aliphatic rings. The van der Waals surface area contributed by atoms with Crippen LogP contribution in [0.4, 0.5) is 0 Å². The number of rotatable bonds is 1. The van der Waals surface area contributed by atoms with Crippen LogP contribution in [-0.4, -0.2) is 16.1 Å². The third-order valence-corrected chi connectivity index (χ3v) is 2.84. The first-order valence-electron chi connectivity index (χ1n) is 4.10. The van der Waals surface area contributed by atoms with Crippen LogP contribution in [0.1, 0.15) is 28.0 Å². The first-order chi connectivity index (χ1) is 6.18. The van der Waals surface area contributed by atoms with E-state index >= 15 is 0 Å². The Labute approximate surface area is 83.9 Å². The van der Waals surface area contributed by atoms with Gasteiger partial charge < -0.3 is 5.11 Å². The van der Waals surface area contributed by atoms with E-state index < -0.39 is 5.97 Å². The number of carboxylic acid groups (broad SMARTS) is 1. The third-order valence-electron chi connectivity index (χ3n) is 2.23. The predicted molar refractivity (Wildman–Crippen MR) is 50.9 cm³/mol. The number of nitrogens with zero attached hydrogens (tertiary/aromatic N) is 1. The monoisotopic (exact) mass is 241 g/mol. The van der Waals surface area contributed by atoms with Gasteiger partial charge in [-0.05, 0) is 46.8 Å². The molecule has 4 heteroatoms. The standard InChI is InChI=1S/C9H8BrNO2/c10-8-6(9(12)13)4-5-2-1-3-7(5)11-8/h4H,1-3H2,(H,12,13). The molecule has 0 atom stereocenters. The Kier molecular flexibility index (Phi) is 2.07. The second-order valence-corrected chi connectivity index (χ2v) is 3.84. The molecule has 3 nitrogen and oxygen atoms in total. The Bertz CT molecular complexity index is 376. The average molecular weight is 242 g/mol. The Balaban J connectivity index is 2.55. The molecule has 0 aromatic carbocycles. The lowest BCUT2D eigenvalue weighted by atomic mass is 10.1. The number of hydrogen-bond acceptors (Lipinski definition) is 2. The van der Waals surface area contributed by atoms with Gasteiger partial charge in [0.15, 0.2) is 0 Å². The zero-order valence-corrected chi connectivity index (χ0v) is 8.47. The van der Waals surface area contributed by atoms with E-state index in [0.29, 0.717) is 4.60 Å². The van der Waals surface area contributed by atoms with Gasteiger partial charge in [0.1, 0.15) is 4.60 Å². The van der Waals surface area contributed by atoms with Gasteiger partial charge in [0, 0.05) is 5.69 Å². The smallest absolute Gasteiger partial charge is 0.338 e. The Morgan fingerprint density at radius 3 is 3.00 bits per heavy atom. The minimum Gasteiger partial charge on any atom is -0.478 e. The highest BCUT2D eigenvalue weighted by molar-refractivity contribution is 9.10. The number of aromatic nitrogens is 1. The van der Waals surface area contributed by atoms with Crippen LogP contribution in [0, 0.1) is 0 Å². The summed E-state index contributed by atoms with van der Waals surface area (Å²) in [5.41, 5.74) is 2.39. The van der Waals surface area contributed by atoms with Crippen LogP contribution in [0.2, 0.25) is 0 Å². The van der Waals surface area contributed by atoms with Crippen molar-refractivity contribution < 1.29 is 9.90 Å². The zero-order valence-electron chi connectivity index (χ0n) is 6.88. The molecule has 0 amide bonds. The number of carboxylic acids is 1. The minimum atomic E-state index is -0.922. The summed E-state index contributed by atoms with van der Waals surface area (Å²) in [5, 5.41) is 8.83. The Morgan fingerprint density at radius 1 is 1.54 bits per heavy atom. The first-order valence-corrected chi connectivity index (χ1v) is 4.89. The van der Waals surface area contributed by atoms with Crippen LogP contribution in [0.5, 0.6) is 0 Å². The number of hydrogen-bond donors (Lipinski definition) is 1. The van der Waals surface area contributed by atoms with Crippen molar-refractivity contribution in [1.82, 2.24) is 4.98 Å². The SMILES string of the molecule is O=C(O)c1cc2c(nc1Br)CCC2. The summed E-state index contributed by atoms with van der Waals surface area (Å²) >= 11 is 3.16. The van der Waals surface area contributed by atoms with Gasteiger partial charge in [0.05, 0.1) is 5.56 Å². The quantitative estimate of drug-likeness (QED) is 0.766. The fourth-order valence-corrected chi connectivity index (χ4v) is 2.09. The molecule has 2 rings (SSSR count). The van der Waals surface area contributed by atoms with Crippen molar-refractivity contribution in [2.24, 2.45) is 0 Å². The molecule has 0 fully saturated rings. The van der Waals surface area contributed by atoms with Crippen molar-refractivity contribution in [1.29, 1.82) is 0 Å². The van der Waals surface area contributed by atoms with E-state index in [1.807, 2.05) is 0 Å². The number of carbonyl (C=O) groups is 1. The molecule has 13 heavy (non-hydrogen) atoms. The van der Waals surface area contributed by atoms with Crippen LogP contribution in [0.3, 0.4) is 0 Å². The Hall–Kier alpha value is -0.900. The van der Waals surface area contributed by atoms with Gasteiger partial charge in [0.2, 0.25) is 0 Å². The van der Waals surface area contributed by atoms with E-state index in [1.54, 1.807) is 6.07 Å². The van der Waals surface area contributed by atoms with E-state index in [2.05, 4.69) is 20.9 Å². The maximum absolute atomic E-state index is 10.8. The number of aromatic carboxylic acids is 1. The minimum absolute atomic E-state index is 0.264. The molecule has 68 valence electrons. The molecule has 0 bridgehead atoms. The van der Waals surface area contributed by atoms with Gasteiger partial charge in [-0.2, -0.15) is 0 Å². The van der Waals surface area contributed by atoms with Crippen molar-refractivity contribution in [3.05, 3.63) is 27.5 Å². The fraction of sp³-hybridized carbons (Fsp3) is 0.333. The van der Waals surface area contributed by atoms with Gasteiger partial charge in [-0.1, -0.05) is 0 Å². The van der Waals surface area contributed by atoms with Crippen LogP contribution >= 0.6 is 15.9 Å². The largest absolute Gasteiger partial charge is 0.478 e. The lowest BCUT2D eigenvalue weighted by Gasteiger charge is -2.02. The normalized spacial score (nSPS) is 14.2. The molecule has 0 aliphatic heterocycles. The van der Waals surface area contributed by atoms with E-state index in [0.717, 1.165) is 30.5 Å². The number of pyridine rings is 1. The molecule has 1 aliphatic carbocycles. The summed E-state index contributed by atoms with van der Waals surface area (Å²) in [6.45, 7) is 0. The molecule has 0 unspecified atom stereocenters. The first kappa shape index (κ1) is 8.69. The zero-order chi connectivity index (χ0) is 9.42. The predicted octanol–water partition coefficient (Wildman–Crippen LogP) is 2.03. The lowest BCUT2D eigenvalue weighted by molar-refractivity contribution is 0.0695. The number of fused-ring (bicyclic) bond motifs is 1. The van der Waals surface area contributed by atoms with Crippen LogP contribution < -0.4 is 0 Å². The molecule has 1 aromatic rings. The van der Waals surface area contributed by atoms with E-state index in [9.17, 15) is 4.79 Å². The summed E-state index contributed by atoms with van der Waals surface area (Å²) < 4.78 is 0.445. The second kappa shape index (κ2) is 3.10. The molecule has 1 heterocycles. The van der Waals surface area contributed by atoms with Gasteiger partial charge in [-0.3, -0.25) is 0 Å². The summed E-state index contributed by atoms with van der Waals surface area (Å²) in [7, 11) is 0. The van der Waals surface area contributed by atoms with Crippen molar-refractivity contribution >= 4 is 21.9 Å². The highest BCUT2D eigenvalue weighted by Gasteiger charge is 2.18. The van der Waals surface area contributed by atoms with E-state index in [4.69, 9.17) is 5.11 Å². The van der Waals surface area contributed by atoms with E-state index in [-0.39, 0.29) is 5.56 Å². The Morgan fingerprint density at radius 2 is 2.31 bits per heavy atom. The number of aryl methyl sites for hydroxylation is 2. The van der Waals surface area contributed by atoms with Crippen LogP contribution in [0.15, 0.2) is 10.7 Å². The maximum atomic E-state index is 10.8. The summed E-state index contributed by atoms with van der Waals surface area (Å²) in [6.07, 6.45) is 3.00. The highest BCUT2D eigenvalue weighted by atomic mass is 79.9. The van der Waals surface area contributed by atoms with E-state index in [1.165, 1.54) is 0 Å². The third kappa shape index (κ3) is 1.46. The highest BCUT2D eigenvalue weighted by Crippen LogP contribution is 2.25. The molecule has 0 radical (unpaired) electrons. The van der Waals surface area contributed by atoms with Crippen molar-refractivity contribution in [3.8, 4) is 0 Å². The van der Waals surface area contributed by atoms with Crippen molar-refractivity contribution in [2.45, 2.75) is 19.3 Å². The molecular weight excluding hydrogens is 234 g/mol. The summed E-state index contributed by atoms with van der Waals surface area (Å²) in [5.74, 6) is -0.922. The van der Waals surface area contributed by atoms with Gasteiger partial charge >= 0.3 is 5.97 Å². The molecule has 1 aromatic heterocycles. The average Bonchev–Trinajstić information content (AvgIpc) is 2.48. The topological polar surface area (TPSA) is 50.2 Å². The molecule has 1 N–H and O–H groups in total. The van der Waals surface area contributed by atoms with Crippen LogP contribution in [-0.2, 0) is 12.8 Å². The molecule has 0 saturated carbocycles. The van der Waals surface area contributed by atoms with Crippen molar-refractivity contribution in [3.63, 3.8) is 0 Å². The molecule has 0 saturated heterocycles. The van der Waals surface area contributed by atoms with Crippen molar-refractivity contribution in [2.75, 3.05) is 0 Å². The van der Waals surface area contributed by atoms with Gasteiger partial charge in [-0.15, -0.1) is 0 Å². The second-order valence-electron chi connectivity index (χ2n) is 3.09. The fourth-order valence-electron chi connectivity index (χ4n) is 1.60. The van der Waals surface area contributed by atoms with Crippen LogP contribution in [0.25, 0.3) is 0 Å². The molecular formula is C9H8BrNO2. The van der Waals surface area contributed by atoms with Gasteiger partial charge in [0.25, 0.3) is 0 Å². The number of halogens is 1.